The fourth-order valence-electron chi connectivity index (χ4n) is 3.65. The third-order valence-corrected chi connectivity index (χ3v) is 4.96. The van der Waals surface area contributed by atoms with Gasteiger partial charge in [-0.2, -0.15) is 0 Å². The zero-order chi connectivity index (χ0) is 17.4. The molecule has 1 aromatic heterocycles. The Hall–Kier alpha value is -2.19. The normalized spacial score (nSPS) is 23.0. The van der Waals surface area contributed by atoms with Gasteiger partial charge in [0.25, 0.3) is 0 Å². The van der Waals surface area contributed by atoms with Crippen molar-refractivity contribution in [3.05, 3.63) is 35.4 Å². The Morgan fingerprint density at radius 1 is 1.28 bits per heavy atom. The van der Waals surface area contributed by atoms with Crippen LogP contribution in [-0.2, 0) is 17.9 Å². The summed E-state index contributed by atoms with van der Waals surface area (Å²) in [6.45, 7) is 2.64. The van der Waals surface area contributed by atoms with E-state index in [2.05, 4.69) is 15.2 Å². The summed E-state index contributed by atoms with van der Waals surface area (Å²) in [6.07, 6.45) is 2.77. The molecular weight excluding hydrogens is 327 g/mol. The summed E-state index contributed by atoms with van der Waals surface area (Å²) >= 11 is 0. The maximum atomic E-state index is 14.4. The van der Waals surface area contributed by atoms with Crippen LogP contribution in [-0.4, -0.2) is 53.3 Å². The number of piperidine rings is 1. The fraction of sp³-hybridized carbons (Fsp3) is 0.529. The molecule has 1 fully saturated rings. The van der Waals surface area contributed by atoms with Crippen molar-refractivity contribution in [1.29, 1.82) is 0 Å². The molecule has 0 N–H and O–H groups in total. The fourth-order valence-corrected chi connectivity index (χ4v) is 3.65. The van der Waals surface area contributed by atoms with E-state index in [0.717, 1.165) is 25.2 Å². The number of ether oxygens (including phenoxy) is 3. The summed E-state index contributed by atoms with van der Waals surface area (Å²) in [5.74, 6) is 0.643. The molecule has 2 aromatic rings. The van der Waals surface area contributed by atoms with Gasteiger partial charge in [0.15, 0.2) is 11.5 Å². The smallest absolute Gasteiger partial charge is 0.163 e. The van der Waals surface area contributed by atoms with Crippen molar-refractivity contribution >= 4 is 0 Å². The zero-order valence-corrected chi connectivity index (χ0v) is 14.3. The highest BCUT2D eigenvalue weighted by molar-refractivity contribution is 5.43. The minimum atomic E-state index is -0.291. The maximum absolute atomic E-state index is 14.4. The minimum absolute atomic E-state index is 0.114. The van der Waals surface area contributed by atoms with Crippen molar-refractivity contribution in [3.8, 4) is 11.5 Å². The first kappa shape index (κ1) is 16.3. The molecule has 2 atom stereocenters. The number of hydrogen-bond donors (Lipinski definition) is 0. The summed E-state index contributed by atoms with van der Waals surface area (Å²) < 4.78 is 32.7. The van der Waals surface area contributed by atoms with Gasteiger partial charge in [0.2, 0.25) is 0 Å². The number of methoxy groups -OCH3 is 2. The van der Waals surface area contributed by atoms with Gasteiger partial charge in [0, 0.05) is 31.3 Å². The predicted octanol–water partition coefficient (Wildman–Crippen LogP) is 1.78. The van der Waals surface area contributed by atoms with Crippen molar-refractivity contribution in [2.24, 2.45) is 0 Å². The molecule has 2 aliphatic rings. The molecule has 0 aliphatic carbocycles. The Labute approximate surface area is 145 Å². The molecule has 1 aromatic carbocycles. The molecule has 4 rings (SSSR count). The van der Waals surface area contributed by atoms with Gasteiger partial charge in [-0.05, 0) is 12.5 Å². The number of hydrogen-bond acceptors (Lipinski definition) is 6. The monoisotopic (exact) mass is 348 g/mol. The van der Waals surface area contributed by atoms with Gasteiger partial charge >= 0.3 is 0 Å². The van der Waals surface area contributed by atoms with Crippen LogP contribution >= 0.6 is 0 Å². The van der Waals surface area contributed by atoms with E-state index in [1.807, 2.05) is 4.68 Å². The highest BCUT2D eigenvalue weighted by Crippen LogP contribution is 2.33. The lowest BCUT2D eigenvalue weighted by Crippen LogP contribution is -2.47. The quantitative estimate of drug-likeness (QED) is 0.839. The third kappa shape index (κ3) is 2.96. The molecule has 0 radical (unpaired) electrons. The summed E-state index contributed by atoms with van der Waals surface area (Å²) in [6, 6.07) is 3.20. The summed E-state index contributed by atoms with van der Waals surface area (Å²) in [5.41, 5.74) is 1.58. The highest BCUT2D eigenvalue weighted by Gasteiger charge is 2.36. The molecular formula is C17H21FN4O3. The van der Waals surface area contributed by atoms with Gasteiger partial charge in [-0.1, -0.05) is 5.21 Å². The van der Waals surface area contributed by atoms with Crippen molar-refractivity contribution in [2.75, 3.05) is 27.3 Å². The van der Waals surface area contributed by atoms with Crippen LogP contribution < -0.4 is 9.47 Å². The van der Waals surface area contributed by atoms with Gasteiger partial charge in [-0.3, -0.25) is 4.90 Å². The lowest BCUT2D eigenvalue weighted by atomic mass is 9.99. The van der Waals surface area contributed by atoms with Crippen LogP contribution in [0.3, 0.4) is 0 Å². The SMILES string of the molecule is COc1cc(F)c(CN2CC[C@@H]3OCc4cnnn4[C@H]3C2)cc1OC. The number of likely N-dealkylation sites (tertiary alicyclic amines) is 1. The topological polar surface area (TPSA) is 61.6 Å². The van der Waals surface area contributed by atoms with E-state index < -0.39 is 0 Å². The van der Waals surface area contributed by atoms with Crippen LogP contribution in [0, 0.1) is 5.82 Å². The van der Waals surface area contributed by atoms with Gasteiger partial charge in [-0.15, -0.1) is 5.10 Å². The van der Waals surface area contributed by atoms with Crippen LogP contribution in [0.4, 0.5) is 4.39 Å². The van der Waals surface area contributed by atoms with Crippen molar-refractivity contribution < 1.29 is 18.6 Å². The zero-order valence-electron chi connectivity index (χ0n) is 14.3. The molecule has 8 heteroatoms. The lowest BCUT2D eigenvalue weighted by molar-refractivity contribution is -0.0670. The second-order valence-corrected chi connectivity index (χ2v) is 6.41. The molecule has 0 unspecified atom stereocenters. The predicted molar refractivity (Wildman–Crippen MR) is 87.0 cm³/mol. The van der Waals surface area contributed by atoms with Crippen molar-refractivity contribution in [3.63, 3.8) is 0 Å². The lowest BCUT2D eigenvalue weighted by Gasteiger charge is -2.41. The van der Waals surface area contributed by atoms with Gasteiger partial charge in [0.1, 0.15) is 5.82 Å². The Balaban J connectivity index is 1.53. The minimum Gasteiger partial charge on any atom is -0.493 e. The second-order valence-electron chi connectivity index (χ2n) is 6.41. The highest BCUT2D eigenvalue weighted by atomic mass is 19.1. The number of rotatable bonds is 4. The number of fused-ring (bicyclic) bond motifs is 3. The van der Waals surface area contributed by atoms with Crippen molar-refractivity contribution in [2.45, 2.75) is 31.7 Å². The Morgan fingerprint density at radius 3 is 2.88 bits per heavy atom. The first-order valence-corrected chi connectivity index (χ1v) is 8.33. The number of benzene rings is 1. The largest absolute Gasteiger partial charge is 0.493 e. The first-order valence-electron chi connectivity index (χ1n) is 8.33. The summed E-state index contributed by atoms with van der Waals surface area (Å²) in [7, 11) is 3.05. The van der Waals surface area contributed by atoms with Gasteiger partial charge < -0.3 is 14.2 Å². The van der Waals surface area contributed by atoms with Crippen LogP contribution in [0.25, 0.3) is 0 Å². The third-order valence-electron chi connectivity index (χ3n) is 4.96. The van der Waals surface area contributed by atoms with Crippen LogP contribution in [0.1, 0.15) is 23.7 Å². The van der Waals surface area contributed by atoms with E-state index in [9.17, 15) is 4.39 Å². The van der Waals surface area contributed by atoms with Crippen LogP contribution in [0.5, 0.6) is 11.5 Å². The molecule has 0 amide bonds. The van der Waals surface area contributed by atoms with Crippen molar-refractivity contribution in [1.82, 2.24) is 19.9 Å². The Kier molecular flexibility index (Phi) is 4.30. The standard InChI is InChI=1S/C17H21FN4O3/c1-23-16-5-11(13(18)6-17(16)24-2)8-21-4-3-15-14(9-21)22-12(10-25-15)7-19-20-22/h5-7,14-15H,3-4,8-10H2,1-2H3/t14-,15-/m0/s1. The Morgan fingerprint density at radius 2 is 2.08 bits per heavy atom. The van der Waals surface area contributed by atoms with Gasteiger partial charge in [-0.25, -0.2) is 9.07 Å². The molecule has 0 spiro atoms. The van der Waals surface area contributed by atoms with Gasteiger partial charge in [0.05, 0.1) is 44.9 Å². The molecule has 0 saturated carbocycles. The average Bonchev–Trinajstić information content (AvgIpc) is 3.12. The van der Waals surface area contributed by atoms with E-state index in [1.165, 1.54) is 13.2 Å². The van der Waals surface area contributed by atoms with E-state index in [-0.39, 0.29) is 18.0 Å². The molecule has 1 saturated heterocycles. The Bertz CT molecular complexity index is 766. The number of halogens is 1. The molecule has 2 aliphatic heterocycles. The second kappa shape index (κ2) is 6.61. The maximum Gasteiger partial charge on any atom is 0.163 e. The summed E-state index contributed by atoms with van der Waals surface area (Å²) in [4.78, 5) is 2.21. The number of aromatic nitrogens is 3. The molecule has 25 heavy (non-hydrogen) atoms. The molecule has 0 bridgehead atoms. The van der Waals surface area contributed by atoms with Crippen LogP contribution in [0.2, 0.25) is 0 Å². The first-order chi connectivity index (χ1) is 12.2. The molecule has 3 heterocycles. The molecule has 7 nitrogen and oxygen atoms in total. The van der Waals surface area contributed by atoms with Crippen LogP contribution in [0.15, 0.2) is 18.3 Å². The van der Waals surface area contributed by atoms with E-state index in [1.54, 1.807) is 19.4 Å². The average molecular weight is 348 g/mol. The van der Waals surface area contributed by atoms with E-state index in [4.69, 9.17) is 14.2 Å². The molecule has 134 valence electrons. The summed E-state index contributed by atoms with van der Waals surface area (Å²) in [5, 5.41) is 8.18. The number of nitrogens with zero attached hydrogens (tertiary/aromatic N) is 4. The van der Waals surface area contributed by atoms with E-state index >= 15 is 0 Å². The van der Waals surface area contributed by atoms with E-state index in [0.29, 0.717) is 30.2 Å².